The molecule has 0 spiro atoms. The molecule has 0 saturated carbocycles. The second kappa shape index (κ2) is 9.73. The van der Waals surface area contributed by atoms with Gasteiger partial charge in [0, 0.05) is 31.1 Å². The fourth-order valence-corrected chi connectivity index (χ4v) is 3.12. The van der Waals surface area contributed by atoms with Gasteiger partial charge in [0.05, 0.1) is 19.8 Å². The van der Waals surface area contributed by atoms with E-state index in [1.165, 1.54) is 20.5 Å². The number of methoxy groups -OCH3 is 2. The number of nitrogens with one attached hydrogen (secondary N) is 1. The van der Waals surface area contributed by atoms with Crippen LogP contribution in [0.25, 0.3) is 11.2 Å². The van der Waals surface area contributed by atoms with Gasteiger partial charge in [-0.3, -0.25) is 0 Å². The Balaban J connectivity index is 1.48. The first kappa shape index (κ1) is 23.0. The van der Waals surface area contributed by atoms with Crippen LogP contribution < -0.4 is 19.5 Å². The van der Waals surface area contributed by atoms with Crippen LogP contribution in [0.1, 0.15) is 11.1 Å². The number of anilines is 1. The van der Waals surface area contributed by atoms with Gasteiger partial charge in [0.15, 0.2) is 23.0 Å². The molecule has 176 valence electrons. The molecular formula is C22H19F3N6O3. The van der Waals surface area contributed by atoms with E-state index < -0.39 is 11.7 Å². The molecule has 1 aromatic carbocycles. The molecule has 0 aliphatic carbocycles. The molecule has 0 aliphatic rings. The topological polar surface area (TPSA) is 104 Å². The lowest BCUT2D eigenvalue weighted by Crippen LogP contribution is -2.08. The van der Waals surface area contributed by atoms with Gasteiger partial charge in [0.25, 0.3) is 0 Å². The average Bonchev–Trinajstić information content (AvgIpc) is 2.84. The summed E-state index contributed by atoms with van der Waals surface area (Å²) in [5, 5.41) is 3.20. The van der Waals surface area contributed by atoms with Crippen LogP contribution in [0, 0.1) is 0 Å². The van der Waals surface area contributed by atoms with E-state index in [1.807, 2.05) is 0 Å². The Hall–Kier alpha value is -4.22. The summed E-state index contributed by atoms with van der Waals surface area (Å²) in [6.45, 7) is 0.526. The number of halogens is 3. The lowest BCUT2D eigenvalue weighted by molar-refractivity contribution is -0.137. The average molecular weight is 472 g/mol. The number of hydrogen-bond acceptors (Lipinski definition) is 9. The van der Waals surface area contributed by atoms with Crippen molar-refractivity contribution in [3.05, 3.63) is 60.2 Å². The van der Waals surface area contributed by atoms with Crippen LogP contribution in [0.4, 0.5) is 19.0 Å². The van der Waals surface area contributed by atoms with Crippen LogP contribution in [0.5, 0.6) is 23.3 Å². The van der Waals surface area contributed by atoms with Crippen LogP contribution in [-0.4, -0.2) is 45.7 Å². The number of rotatable bonds is 8. The third kappa shape index (κ3) is 5.22. The van der Waals surface area contributed by atoms with Crippen LogP contribution in [0.15, 0.2) is 49.1 Å². The molecule has 0 atom stereocenters. The van der Waals surface area contributed by atoms with Gasteiger partial charge in [-0.25, -0.2) is 19.9 Å². The van der Waals surface area contributed by atoms with E-state index >= 15 is 0 Å². The first-order valence-corrected chi connectivity index (χ1v) is 10.0. The van der Waals surface area contributed by atoms with Gasteiger partial charge in [0.1, 0.15) is 11.8 Å². The van der Waals surface area contributed by atoms with Gasteiger partial charge in [-0.1, -0.05) is 6.07 Å². The van der Waals surface area contributed by atoms with Crippen molar-refractivity contribution in [1.82, 2.24) is 24.9 Å². The highest BCUT2D eigenvalue weighted by Gasteiger charge is 2.32. The smallest absolute Gasteiger partial charge is 0.416 e. The highest BCUT2D eigenvalue weighted by atomic mass is 19.4. The lowest BCUT2D eigenvalue weighted by atomic mass is 10.1. The Morgan fingerprint density at radius 1 is 0.882 bits per heavy atom. The van der Waals surface area contributed by atoms with E-state index in [9.17, 15) is 13.2 Å². The minimum absolute atomic E-state index is 0.213. The second-order valence-corrected chi connectivity index (χ2v) is 6.95. The summed E-state index contributed by atoms with van der Waals surface area (Å²) < 4.78 is 55.3. The summed E-state index contributed by atoms with van der Waals surface area (Å²) in [7, 11) is 2.67. The molecule has 3 aromatic heterocycles. The fourth-order valence-electron chi connectivity index (χ4n) is 3.12. The Morgan fingerprint density at radius 3 is 2.44 bits per heavy atom. The molecular weight excluding hydrogens is 453 g/mol. The maximum Gasteiger partial charge on any atom is 0.416 e. The molecule has 12 heteroatoms. The van der Waals surface area contributed by atoms with Crippen molar-refractivity contribution in [2.75, 3.05) is 26.1 Å². The zero-order valence-electron chi connectivity index (χ0n) is 18.1. The monoisotopic (exact) mass is 472 g/mol. The molecule has 0 radical (unpaired) electrons. The largest absolute Gasteiger partial charge is 0.493 e. The zero-order valence-corrected chi connectivity index (χ0v) is 18.1. The van der Waals surface area contributed by atoms with Gasteiger partial charge >= 0.3 is 6.18 Å². The summed E-state index contributed by atoms with van der Waals surface area (Å²) in [6, 6.07) is 6.72. The summed E-state index contributed by atoms with van der Waals surface area (Å²) >= 11 is 0. The van der Waals surface area contributed by atoms with E-state index in [2.05, 4.69) is 30.2 Å². The number of nitrogens with zero attached hydrogens (tertiary/aromatic N) is 5. The standard InChI is InChI=1S/C22H19F3N6O3/c1-32-16-9-13(5-6-27-20-19-21(30-12-29-20)28-8-7-26-19)3-4-15(16)34-18-11-14(22(23,24)25)10-17(31-18)33-2/h3-4,7-12H,5-6H2,1-2H3,(H,27,28,29,30). The molecule has 3 heterocycles. The first-order valence-electron chi connectivity index (χ1n) is 10.0. The number of ether oxygens (including phenoxy) is 3. The summed E-state index contributed by atoms with van der Waals surface area (Å²) in [6.07, 6.45) is 0.550. The summed E-state index contributed by atoms with van der Waals surface area (Å²) in [4.78, 5) is 20.6. The van der Waals surface area contributed by atoms with Gasteiger partial charge in [-0.15, -0.1) is 0 Å². The number of aromatic nitrogens is 5. The third-order valence-electron chi connectivity index (χ3n) is 4.73. The quantitative estimate of drug-likeness (QED) is 0.402. The minimum atomic E-state index is -4.57. The first-order chi connectivity index (χ1) is 16.4. The van der Waals surface area contributed by atoms with E-state index in [-0.39, 0.29) is 17.5 Å². The SMILES string of the molecule is COc1cc(C(F)(F)F)cc(Oc2ccc(CCNc3ncnc4nccnc34)cc2OC)n1. The molecule has 4 rings (SSSR count). The van der Waals surface area contributed by atoms with Gasteiger partial charge in [-0.2, -0.15) is 18.2 Å². The number of benzene rings is 1. The highest BCUT2D eigenvalue weighted by Crippen LogP contribution is 2.36. The van der Waals surface area contributed by atoms with Crippen molar-refractivity contribution in [3.8, 4) is 23.3 Å². The van der Waals surface area contributed by atoms with Gasteiger partial charge < -0.3 is 19.5 Å². The fraction of sp³-hybridized carbons (Fsp3) is 0.227. The molecule has 0 aliphatic heterocycles. The Labute approximate surface area is 192 Å². The highest BCUT2D eigenvalue weighted by molar-refractivity contribution is 5.81. The van der Waals surface area contributed by atoms with Crippen LogP contribution >= 0.6 is 0 Å². The molecule has 34 heavy (non-hydrogen) atoms. The molecule has 4 aromatic rings. The van der Waals surface area contributed by atoms with E-state index in [0.29, 0.717) is 35.7 Å². The van der Waals surface area contributed by atoms with Crippen LogP contribution in [-0.2, 0) is 12.6 Å². The number of fused-ring (bicyclic) bond motifs is 1. The van der Waals surface area contributed by atoms with Crippen molar-refractivity contribution in [2.24, 2.45) is 0 Å². The summed E-state index contributed by atoms with van der Waals surface area (Å²) in [5.74, 6) is 0.637. The van der Waals surface area contributed by atoms with Crippen molar-refractivity contribution >= 4 is 17.0 Å². The predicted octanol–water partition coefficient (Wildman–Crippen LogP) is 4.30. The zero-order chi connectivity index (χ0) is 24.1. The molecule has 0 saturated heterocycles. The van der Waals surface area contributed by atoms with Gasteiger partial charge in [0.2, 0.25) is 11.8 Å². The number of pyridine rings is 1. The Bertz CT molecular complexity index is 1300. The third-order valence-corrected chi connectivity index (χ3v) is 4.73. The maximum absolute atomic E-state index is 13.2. The summed E-state index contributed by atoms with van der Waals surface area (Å²) in [5.41, 5.74) is 1.02. The van der Waals surface area contributed by atoms with E-state index in [0.717, 1.165) is 17.7 Å². The molecule has 1 N–H and O–H groups in total. The predicted molar refractivity (Wildman–Crippen MR) is 116 cm³/mol. The normalized spacial score (nSPS) is 11.3. The second-order valence-electron chi connectivity index (χ2n) is 6.95. The van der Waals surface area contributed by atoms with Crippen molar-refractivity contribution < 1.29 is 27.4 Å². The number of alkyl halides is 3. The Kier molecular flexibility index (Phi) is 6.57. The molecule has 0 unspecified atom stereocenters. The Morgan fingerprint density at radius 2 is 1.68 bits per heavy atom. The maximum atomic E-state index is 13.2. The minimum Gasteiger partial charge on any atom is -0.493 e. The number of hydrogen-bond donors (Lipinski definition) is 1. The van der Waals surface area contributed by atoms with Crippen molar-refractivity contribution in [1.29, 1.82) is 0 Å². The molecule has 0 amide bonds. The van der Waals surface area contributed by atoms with E-state index in [4.69, 9.17) is 14.2 Å². The lowest BCUT2D eigenvalue weighted by Gasteiger charge is -2.14. The van der Waals surface area contributed by atoms with E-state index in [1.54, 1.807) is 30.6 Å². The van der Waals surface area contributed by atoms with Crippen LogP contribution in [0.2, 0.25) is 0 Å². The van der Waals surface area contributed by atoms with Gasteiger partial charge in [-0.05, 0) is 24.1 Å². The van der Waals surface area contributed by atoms with Crippen molar-refractivity contribution in [3.63, 3.8) is 0 Å². The van der Waals surface area contributed by atoms with Crippen LogP contribution in [0.3, 0.4) is 0 Å². The van der Waals surface area contributed by atoms with Crippen molar-refractivity contribution in [2.45, 2.75) is 12.6 Å². The molecule has 0 bridgehead atoms. The molecule has 9 nitrogen and oxygen atoms in total. The molecule has 0 fully saturated rings.